The second-order valence-electron chi connectivity index (χ2n) is 11.0. The second kappa shape index (κ2) is 11.3. The van der Waals surface area contributed by atoms with Crippen molar-refractivity contribution in [3.8, 4) is 5.75 Å². The van der Waals surface area contributed by atoms with Crippen molar-refractivity contribution in [3.63, 3.8) is 0 Å². The Balaban J connectivity index is 1.70. The molecule has 0 saturated heterocycles. The Kier molecular flexibility index (Phi) is 8.27. The van der Waals surface area contributed by atoms with Crippen LogP contribution in [0.3, 0.4) is 0 Å². The first-order valence-electron chi connectivity index (χ1n) is 12.7. The minimum atomic E-state index is -1.96. The molecule has 0 bridgehead atoms. The molecule has 4 aromatic rings. The van der Waals surface area contributed by atoms with Crippen molar-refractivity contribution in [1.82, 2.24) is 13.7 Å². The lowest BCUT2D eigenvalue weighted by Gasteiger charge is -2.16. The standard InChI is InChI=1S/C29H28ClF2N3O7/c1-28(2,40)13-23(36)34-20-8-5-16(11-21(20)35(27(34)39)26(38)29(3,4)41)14-33-10-9-22(24(30)25(33)37)42-15-17-6-7-18(31)12-19(17)32/h5-12,40-41H,13-15H2,1-4H3. The van der Waals surface area contributed by atoms with E-state index in [1.807, 2.05) is 0 Å². The van der Waals surface area contributed by atoms with Crippen molar-refractivity contribution in [1.29, 1.82) is 0 Å². The van der Waals surface area contributed by atoms with E-state index in [9.17, 15) is 38.2 Å². The highest BCUT2D eigenvalue weighted by atomic mass is 35.5. The van der Waals surface area contributed by atoms with Gasteiger partial charge in [0.2, 0.25) is 5.91 Å². The summed E-state index contributed by atoms with van der Waals surface area (Å²) in [7, 11) is 0. The van der Waals surface area contributed by atoms with E-state index in [4.69, 9.17) is 16.3 Å². The maximum Gasteiger partial charge on any atom is 0.342 e. The number of fused-ring (bicyclic) bond motifs is 1. The van der Waals surface area contributed by atoms with Crippen molar-refractivity contribution in [2.24, 2.45) is 0 Å². The molecule has 0 aliphatic carbocycles. The molecule has 0 fully saturated rings. The van der Waals surface area contributed by atoms with Crippen LogP contribution in [0.2, 0.25) is 5.02 Å². The Morgan fingerprint density at radius 1 is 0.952 bits per heavy atom. The third-order valence-electron chi connectivity index (χ3n) is 6.29. The Hall–Kier alpha value is -4.13. The number of rotatable bonds is 8. The highest BCUT2D eigenvalue weighted by Gasteiger charge is 2.32. The molecule has 0 aliphatic rings. The maximum absolute atomic E-state index is 13.9. The van der Waals surface area contributed by atoms with Gasteiger partial charge in [0.1, 0.15) is 34.6 Å². The molecular weight excluding hydrogens is 576 g/mol. The number of aliphatic hydroxyl groups is 2. The summed E-state index contributed by atoms with van der Waals surface area (Å²) in [5, 5.41) is 20.2. The molecule has 2 aromatic heterocycles. The Morgan fingerprint density at radius 2 is 1.64 bits per heavy atom. The minimum Gasteiger partial charge on any atom is -0.487 e. The van der Waals surface area contributed by atoms with E-state index in [1.165, 1.54) is 68.8 Å². The van der Waals surface area contributed by atoms with E-state index < -0.39 is 52.3 Å². The van der Waals surface area contributed by atoms with E-state index >= 15 is 0 Å². The lowest BCUT2D eigenvalue weighted by Crippen LogP contribution is -2.43. The first-order chi connectivity index (χ1) is 19.5. The number of benzene rings is 2. The summed E-state index contributed by atoms with van der Waals surface area (Å²) < 4.78 is 35.2. The molecule has 2 aromatic carbocycles. The first kappa shape index (κ1) is 30.8. The van der Waals surface area contributed by atoms with Gasteiger partial charge in [0.25, 0.3) is 11.5 Å². The lowest BCUT2D eigenvalue weighted by molar-refractivity contribution is 0.0390. The molecule has 2 heterocycles. The Morgan fingerprint density at radius 3 is 2.26 bits per heavy atom. The number of halogens is 3. The van der Waals surface area contributed by atoms with E-state index in [2.05, 4.69) is 0 Å². The van der Waals surface area contributed by atoms with Crippen molar-refractivity contribution >= 4 is 34.4 Å². The van der Waals surface area contributed by atoms with E-state index in [-0.39, 0.29) is 40.5 Å². The second-order valence-corrected chi connectivity index (χ2v) is 11.4. The molecular formula is C29H28ClF2N3O7. The number of hydrogen-bond acceptors (Lipinski definition) is 7. The molecule has 42 heavy (non-hydrogen) atoms. The van der Waals surface area contributed by atoms with E-state index in [0.29, 0.717) is 16.2 Å². The first-order valence-corrected chi connectivity index (χ1v) is 13.1. The van der Waals surface area contributed by atoms with Gasteiger partial charge in [-0.3, -0.25) is 14.4 Å². The van der Waals surface area contributed by atoms with Gasteiger partial charge in [0, 0.05) is 17.8 Å². The molecule has 0 atom stereocenters. The average Bonchev–Trinajstić information content (AvgIpc) is 3.16. The van der Waals surface area contributed by atoms with Crippen LogP contribution in [0.15, 0.2) is 58.3 Å². The van der Waals surface area contributed by atoms with Crippen LogP contribution < -0.4 is 16.0 Å². The molecule has 2 N–H and O–H groups in total. The van der Waals surface area contributed by atoms with E-state index in [0.717, 1.165) is 10.6 Å². The number of nitrogens with zero attached hydrogens (tertiary/aromatic N) is 3. The third kappa shape index (κ3) is 6.35. The van der Waals surface area contributed by atoms with Gasteiger partial charge in [-0.2, -0.15) is 0 Å². The maximum atomic E-state index is 13.9. The van der Waals surface area contributed by atoms with Crippen LogP contribution in [0.1, 0.15) is 54.8 Å². The predicted molar refractivity (Wildman–Crippen MR) is 150 cm³/mol. The van der Waals surface area contributed by atoms with Crippen molar-refractivity contribution in [3.05, 3.63) is 97.3 Å². The van der Waals surface area contributed by atoms with Gasteiger partial charge in [0.05, 0.1) is 29.6 Å². The van der Waals surface area contributed by atoms with Crippen LogP contribution in [-0.2, 0) is 13.2 Å². The molecule has 0 radical (unpaired) electrons. The summed E-state index contributed by atoms with van der Waals surface area (Å²) in [6.07, 6.45) is 0.961. The number of aromatic nitrogens is 3. The summed E-state index contributed by atoms with van der Waals surface area (Å²) in [6, 6.07) is 8.77. The van der Waals surface area contributed by atoms with Crippen LogP contribution in [0, 0.1) is 11.6 Å². The highest BCUT2D eigenvalue weighted by Crippen LogP contribution is 2.24. The van der Waals surface area contributed by atoms with E-state index in [1.54, 1.807) is 0 Å². The SMILES string of the molecule is CC(C)(O)CC(=O)n1c(=O)n(C(=O)C(C)(C)O)c2cc(Cn3ccc(OCc4ccc(F)cc4F)c(Cl)c3=O)ccc21. The number of hydrogen-bond donors (Lipinski definition) is 2. The third-order valence-corrected chi connectivity index (χ3v) is 6.63. The minimum absolute atomic E-state index is 0.00847. The number of ether oxygens (including phenoxy) is 1. The molecule has 0 aliphatic heterocycles. The Bertz CT molecular complexity index is 1830. The fourth-order valence-corrected chi connectivity index (χ4v) is 4.48. The smallest absolute Gasteiger partial charge is 0.342 e. The van der Waals surface area contributed by atoms with Crippen molar-refractivity contribution in [2.45, 2.75) is 58.5 Å². The Labute approximate surface area is 243 Å². The van der Waals surface area contributed by atoms with Crippen LogP contribution in [0.5, 0.6) is 5.75 Å². The lowest BCUT2D eigenvalue weighted by atomic mass is 10.1. The largest absolute Gasteiger partial charge is 0.487 e. The number of pyridine rings is 1. The summed E-state index contributed by atoms with van der Waals surface area (Å²) in [4.78, 5) is 52.2. The molecule has 0 amide bonds. The van der Waals surface area contributed by atoms with Gasteiger partial charge < -0.3 is 19.5 Å². The van der Waals surface area contributed by atoms with Gasteiger partial charge in [-0.15, -0.1) is 0 Å². The number of carbonyl (C=O) groups is 2. The molecule has 0 unspecified atom stereocenters. The van der Waals surface area contributed by atoms with Crippen molar-refractivity contribution < 1.29 is 33.3 Å². The zero-order valence-corrected chi connectivity index (χ0v) is 23.9. The quantitative estimate of drug-likeness (QED) is 0.313. The summed E-state index contributed by atoms with van der Waals surface area (Å²) in [5.74, 6) is -3.32. The summed E-state index contributed by atoms with van der Waals surface area (Å²) in [6.45, 7) is 4.81. The summed E-state index contributed by atoms with van der Waals surface area (Å²) >= 11 is 6.23. The van der Waals surface area contributed by atoms with Gasteiger partial charge in [-0.1, -0.05) is 17.7 Å². The zero-order valence-electron chi connectivity index (χ0n) is 23.2. The fourth-order valence-electron chi connectivity index (χ4n) is 4.26. The monoisotopic (exact) mass is 603 g/mol. The van der Waals surface area contributed by atoms with Gasteiger partial charge in [-0.05, 0) is 63.6 Å². The topological polar surface area (TPSA) is 133 Å². The van der Waals surface area contributed by atoms with Gasteiger partial charge in [-0.25, -0.2) is 22.7 Å². The molecule has 10 nitrogen and oxygen atoms in total. The average molecular weight is 604 g/mol. The fraction of sp³-hybridized carbons (Fsp3) is 0.310. The van der Waals surface area contributed by atoms with Crippen LogP contribution in [0.25, 0.3) is 11.0 Å². The zero-order chi connectivity index (χ0) is 31.1. The van der Waals surface area contributed by atoms with Gasteiger partial charge >= 0.3 is 5.69 Å². The molecule has 4 rings (SSSR count). The highest BCUT2D eigenvalue weighted by molar-refractivity contribution is 6.31. The molecule has 13 heteroatoms. The number of imidazole rings is 1. The molecule has 0 saturated carbocycles. The normalized spacial score (nSPS) is 12.1. The van der Waals surface area contributed by atoms with Crippen molar-refractivity contribution in [2.75, 3.05) is 0 Å². The van der Waals surface area contributed by atoms with Crippen LogP contribution >= 0.6 is 11.6 Å². The van der Waals surface area contributed by atoms with Crippen LogP contribution in [0.4, 0.5) is 8.78 Å². The van der Waals surface area contributed by atoms with Gasteiger partial charge in [0.15, 0.2) is 0 Å². The summed E-state index contributed by atoms with van der Waals surface area (Å²) in [5.41, 5.74) is -4.49. The predicted octanol–water partition coefficient (Wildman–Crippen LogP) is 3.74. The molecule has 222 valence electrons. The molecule has 0 spiro atoms. The van der Waals surface area contributed by atoms with Crippen LogP contribution in [-0.4, -0.2) is 46.9 Å². The number of carbonyl (C=O) groups excluding carboxylic acids is 2.